The van der Waals surface area contributed by atoms with Gasteiger partial charge in [0.1, 0.15) is 5.82 Å². The Labute approximate surface area is 231 Å². The summed E-state index contributed by atoms with van der Waals surface area (Å²) in [5.74, 6) is 1.41. The van der Waals surface area contributed by atoms with E-state index in [9.17, 15) is 0 Å². The zero-order chi connectivity index (χ0) is 28.3. The molecule has 0 aliphatic carbocycles. The van der Waals surface area contributed by atoms with Crippen LogP contribution in [-0.4, -0.2) is 17.1 Å². The van der Waals surface area contributed by atoms with Gasteiger partial charge in [0.05, 0.1) is 12.1 Å². The van der Waals surface area contributed by atoms with Gasteiger partial charge in [-0.05, 0) is 30.2 Å². The molecule has 0 saturated carbocycles. The second-order valence-electron chi connectivity index (χ2n) is 8.63. The van der Waals surface area contributed by atoms with Crippen LogP contribution in [0.5, 0.6) is 0 Å². The van der Waals surface area contributed by atoms with Gasteiger partial charge in [-0.25, -0.2) is 9.97 Å². The Morgan fingerprint density at radius 2 is 1.39 bits per heavy atom. The maximum absolute atomic E-state index is 5.36. The third-order valence-electron chi connectivity index (χ3n) is 5.40. The molecule has 0 aliphatic heterocycles. The minimum atomic E-state index is 0.505. The van der Waals surface area contributed by atoms with Crippen molar-refractivity contribution >= 4 is 22.4 Å². The van der Waals surface area contributed by atoms with E-state index >= 15 is 0 Å². The number of nitrogens with zero attached hydrogens (tertiary/aromatic N) is 2. The van der Waals surface area contributed by atoms with Gasteiger partial charge in [0.15, 0.2) is 5.82 Å². The molecule has 4 nitrogen and oxygen atoms in total. The van der Waals surface area contributed by atoms with Gasteiger partial charge in [-0.15, -0.1) is 0 Å². The molecule has 4 aromatic rings. The number of unbranched alkanes of at least 4 members (excludes halogenated alkanes) is 1. The van der Waals surface area contributed by atoms with Crippen LogP contribution in [0.25, 0.3) is 28.0 Å². The maximum Gasteiger partial charge on any atom is 0.162 e. The first-order valence-corrected chi connectivity index (χ1v) is 13.9. The lowest BCUT2D eigenvalue weighted by molar-refractivity contribution is 0.185. The fourth-order valence-corrected chi connectivity index (χ4v) is 3.43. The number of aromatic nitrogens is 2. The molecule has 3 aromatic carbocycles. The Balaban J connectivity index is 0.000000708. The third kappa shape index (κ3) is 9.75. The smallest absolute Gasteiger partial charge is 0.162 e. The molecule has 0 atom stereocenters. The predicted molar refractivity (Wildman–Crippen MR) is 167 cm³/mol. The Hall–Kier alpha value is -3.50. The fourth-order valence-electron chi connectivity index (χ4n) is 3.43. The number of fused-ring (bicyclic) bond motifs is 1. The quantitative estimate of drug-likeness (QED) is 0.267. The number of rotatable bonds is 7. The van der Waals surface area contributed by atoms with Gasteiger partial charge in [0.2, 0.25) is 0 Å². The van der Waals surface area contributed by atoms with Crippen molar-refractivity contribution in [2.75, 3.05) is 12.4 Å². The number of para-hydroxylation sites is 1. The first kappa shape index (κ1) is 32.5. The second kappa shape index (κ2) is 18.7. The molecule has 0 unspecified atom stereocenters. The number of nitrogens with one attached hydrogen (secondary N) is 1. The molecule has 0 fully saturated rings. The summed E-state index contributed by atoms with van der Waals surface area (Å²) >= 11 is 0. The van der Waals surface area contributed by atoms with Crippen molar-refractivity contribution in [2.45, 2.75) is 74.3 Å². The SMILES string of the molecule is C=C(Nc1nc(-c2ccccc2COC)nc2ccccc12)c1ccccc1C.CC.CCC.CCCC. The van der Waals surface area contributed by atoms with Crippen molar-refractivity contribution in [3.05, 3.63) is 96.1 Å². The molecule has 0 amide bonds. The van der Waals surface area contributed by atoms with E-state index in [1.165, 1.54) is 19.3 Å². The van der Waals surface area contributed by atoms with Gasteiger partial charge in [0, 0.05) is 29.3 Å². The molecule has 0 radical (unpaired) electrons. The number of hydrogen-bond donors (Lipinski definition) is 1. The molecule has 1 aromatic heterocycles. The second-order valence-corrected chi connectivity index (χ2v) is 8.63. The van der Waals surface area contributed by atoms with Crippen LogP contribution in [0.15, 0.2) is 79.4 Å². The zero-order valence-corrected chi connectivity index (χ0v) is 24.8. The standard InChI is InChI=1S/C25H23N3O.C4H10.C3H8.C2H6/c1-17-10-4-6-12-20(17)18(2)26-25-22-14-8-9-15-23(22)27-24(28-25)21-13-7-5-11-19(21)16-29-3;1-3-4-2;1-3-2;1-2/h4-15H,2,16H2,1,3H3,(H,26,27,28);3-4H2,1-2H3;3H2,1-2H3;1-2H3. The average Bonchev–Trinajstić information content (AvgIpc) is 2.95. The molecule has 0 spiro atoms. The monoisotopic (exact) mass is 513 g/mol. The van der Waals surface area contributed by atoms with Gasteiger partial charge in [-0.2, -0.15) is 0 Å². The molecule has 0 bridgehead atoms. The summed E-state index contributed by atoms with van der Waals surface area (Å²) < 4.78 is 5.36. The van der Waals surface area contributed by atoms with Crippen molar-refractivity contribution in [3.8, 4) is 11.4 Å². The number of ether oxygens (including phenoxy) is 1. The van der Waals surface area contributed by atoms with Crippen LogP contribution in [0.1, 0.15) is 77.5 Å². The van der Waals surface area contributed by atoms with Crippen molar-refractivity contribution in [3.63, 3.8) is 0 Å². The highest BCUT2D eigenvalue weighted by Crippen LogP contribution is 2.29. The van der Waals surface area contributed by atoms with Gasteiger partial charge >= 0.3 is 0 Å². The molecule has 38 heavy (non-hydrogen) atoms. The first-order chi connectivity index (χ1) is 18.5. The van der Waals surface area contributed by atoms with Crippen LogP contribution in [-0.2, 0) is 11.3 Å². The molecule has 1 N–H and O–H groups in total. The normalized spacial score (nSPS) is 9.68. The van der Waals surface area contributed by atoms with Crippen LogP contribution in [0.2, 0.25) is 0 Å². The highest BCUT2D eigenvalue weighted by molar-refractivity contribution is 5.94. The zero-order valence-electron chi connectivity index (χ0n) is 24.8. The Morgan fingerprint density at radius 1 is 0.816 bits per heavy atom. The van der Waals surface area contributed by atoms with E-state index in [1.807, 2.05) is 74.5 Å². The molecule has 1 heterocycles. The molecular formula is C34H47N3O. The van der Waals surface area contributed by atoms with Gasteiger partial charge < -0.3 is 10.1 Å². The lowest BCUT2D eigenvalue weighted by Crippen LogP contribution is -2.05. The lowest BCUT2D eigenvalue weighted by Gasteiger charge is -2.15. The van der Waals surface area contributed by atoms with E-state index in [0.29, 0.717) is 12.4 Å². The highest BCUT2D eigenvalue weighted by atomic mass is 16.5. The van der Waals surface area contributed by atoms with E-state index in [2.05, 4.69) is 58.6 Å². The lowest BCUT2D eigenvalue weighted by atomic mass is 10.1. The molecule has 4 heteroatoms. The first-order valence-electron chi connectivity index (χ1n) is 13.9. The van der Waals surface area contributed by atoms with E-state index in [4.69, 9.17) is 14.7 Å². The predicted octanol–water partition coefficient (Wildman–Crippen LogP) is 10.1. The Bertz CT molecular complexity index is 1230. The summed E-state index contributed by atoms with van der Waals surface area (Å²) in [7, 11) is 1.69. The molecular weight excluding hydrogens is 466 g/mol. The molecule has 0 aliphatic rings. The molecule has 0 saturated heterocycles. The number of aryl methyl sites for hydroxylation is 1. The van der Waals surface area contributed by atoms with Crippen LogP contribution < -0.4 is 5.32 Å². The van der Waals surface area contributed by atoms with Gasteiger partial charge in [0.25, 0.3) is 0 Å². The number of hydrogen-bond acceptors (Lipinski definition) is 4. The summed E-state index contributed by atoms with van der Waals surface area (Å²) in [6, 6.07) is 24.2. The third-order valence-corrected chi connectivity index (χ3v) is 5.40. The van der Waals surface area contributed by atoms with E-state index in [1.54, 1.807) is 7.11 Å². The fraction of sp³-hybridized carbons (Fsp3) is 0.353. The van der Waals surface area contributed by atoms with Crippen LogP contribution in [0, 0.1) is 6.92 Å². The van der Waals surface area contributed by atoms with Crippen molar-refractivity contribution < 1.29 is 4.74 Å². The summed E-state index contributed by atoms with van der Waals surface area (Å²) in [6.45, 7) is 19.4. The van der Waals surface area contributed by atoms with Crippen molar-refractivity contribution in [1.29, 1.82) is 0 Å². The van der Waals surface area contributed by atoms with Crippen LogP contribution in [0.3, 0.4) is 0 Å². The highest BCUT2D eigenvalue weighted by Gasteiger charge is 2.13. The Morgan fingerprint density at radius 3 is 2.03 bits per heavy atom. The topological polar surface area (TPSA) is 47.0 Å². The minimum Gasteiger partial charge on any atom is -0.380 e. The minimum absolute atomic E-state index is 0.505. The van der Waals surface area contributed by atoms with Crippen LogP contribution >= 0.6 is 0 Å². The number of methoxy groups -OCH3 is 1. The number of benzene rings is 3. The van der Waals surface area contributed by atoms with Crippen molar-refractivity contribution in [1.82, 2.24) is 9.97 Å². The van der Waals surface area contributed by atoms with E-state index in [-0.39, 0.29) is 0 Å². The summed E-state index contributed by atoms with van der Waals surface area (Å²) in [6.07, 6.45) is 3.89. The summed E-state index contributed by atoms with van der Waals surface area (Å²) in [5, 5.41) is 4.38. The number of anilines is 1. The molecule has 4 rings (SSSR count). The average molecular weight is 514 g/mol. The Kier molecular flexibility index (Phi) is 16.0. The van der Waals surface area contributed by atoms with E-state index in [0.717, 1.165) is 44.7 Å². The van der Waals surface area contributed by atoms with Crippen LogP contribution in [0.4, 0.5) is 5.82 Å². The molecule has 204 valence electrons. The van der Waals surface area contributed by atoms with Gasteiger partial charge in [-0.3, -0.25) is 0 Å². The maximum atomic E-state index is 5.36. The largest absolute Gasteiger partial charge is 0.380 e. The van der Waals surface area contributed by atoms with E-state index < -0.39 is 0 Å². The van der Waals surface area contributed by atoms with Gasteiger partial charge in [-0.1, -0.05) is 128 Å². The summed E-state index contributed by atoms with van der Waals surface area (Å²) in [5.41, 5.74) is 5.93. The van der Waals surface area contributed by atoms with Crippen molar-refractivity contribution in [2.24, 2.45) is 0 Å². The summed E-state index contributed by atoms with van der Waals surface area (Å²) in [4.78, 5) is 9.68.